The Morgan fingerprint density at radius 2 is 1.11 bits per heavy atom. The van der Waals surface area contributed by atoms with E-state index < -0.39 is 5.97 Å². The molecule has 0 aliphatic rings. The van der Waals surface area contributed by atoms with Crippen LogP contribution in [0.4, 0.5) is 4.39 Å². The first-order chi connectivity index (χ1) is 17.7. The topological polar surface area (TPSA) is 52.6 Å². The van der Waals surface area contributed by atoms with Crippen LogP contribution in [-0.2, 0) is 31.9 Å². The van der Waals surface area contributed by atoms with Crippen LogP contribution >= 0.6 is 0 Å². The zero-order valence-corrected chi connectivity index (χ0v) is 21.3. The number of halogens is 1. The monoisotopic (exact) mass is 498 g/mol. The van der Waals surface area contributed by atoms with Crippen molar-refractivity contribution in [3.05, 3.63) is 119 Å². The van der Waals surface area contributed by atoms with E-state index >= 15 is 0 Å². The van der Waals surface area contributed by atoms with Crippen molar-refractivity contribution in [1.29, 1.82) is 0 Å². The second-order valence-electron chi connectivity index (χ2n) is 8.84. The molecule has 0 saturated heterocycles. The van der Waals surface area contributed by atoms with Crippen molar-refractivity contribution >= 4 is 23.8 Å². The Labute approximate surface area is 217 Å². The summed E-state index contributed by atoms with van der Waals surface area (Å²) in [5, 5.41) is 0. The van der Waals surface area contributed by atoms with Crippen LogP contribution in [0.5, 0.6) is 0 Å². The number of ether oxygens (including phenoxy) is 2. The third-order valence-electron chi connectivity index (χ3n) is 5.67. The van der Waals surface area contributed by atoms with Gasteiger partial charge in [0.25, 0.3) is 0 Å². The van der Waals surface area contributed by atoms with Crippen LogP contribution in [0.1, 0.15) is 36.1 Å². The summed E-state index contributed by atoms with van der Waals surface area (Å²) < 4.78 is 25.0. The lowest BCUT2D eigenvalue weighted by atomic mass is 10.0. The minimum atomic E-state index is -0.410. The van der Waals surface area contributed by atoms with E-state index in [0.29, 0.717) is 36.2 Å². The Morgan fingerprint density at radius 1 is 0.703 bits per heavy atom. The van der Waals surface area contributed by atoms with Crippen molar-refractivity contribution in [1.82, 2.24) is 0 Å². The molecule has 0 radical (unpaired) electrons. The predicted octanol–water partition coefficient (Wildman–Crippen LogP) is 7.14. The molecule has 0 aromatic heterocycles. The van der Waals surface area contributed by atoms with Gasteiger partial charge in [-0.15, -0.1) is 0 Å². The van der Waals surface area contributed by atoms with Gasteiger partial charge in [0.15, 0.2) is 0 Å². The highest BCUT2D eigenvalue weighted by molar-refractivity contribution is 5.87. The van der Waals surface area contributed by atoms with E-state index in [-0.39, 0.29) is 18.4 Å². The Balaban J connectivity index is 1.55. The summed E-state index contributed by atoms with van der Waals surface area (Å²) in [6.45, 7) is 10.9. The molecular weight excluding hydrogens is 467 g/mol. The summed E-state index contributed by atoms with van der Waals surface area (Å²) in [6, 6.07) is 22.8. The standard InChI is InChI=1S/C32H31FO4/c1-22(2)31(34)36-19-17-24-5-11-27(12-6-24)28-13-9-26(10-14-28)21-30(33)29-15-7-25(8-16-29)18-20-37-32(35)23(3)4/h5-16,21H,1,3,17-20H2,2,4H3/b30-21+. The maximum absolute atomic E-state index is 14.8. The maximum Gasteiger partial charge on any atom is 0.333 e. The van der Waals surface area contributed by atoms with Gasteiger partial charge < -0.3 is 9.47 Å². The highest BCUT2D eigenvalue weighted by Crippen LogP contribution is 2.24. The Morgan fingerprint density at radius 3 is 1.54 bits per heavy atom. The van der Waals surface area contributed by atoms with E-state index in [2.05, 4.69) is 13.2 Å². The van der Waals surface area contributed by atoms with Gasteiger partial charge in [0, 0.05) is 29.6 Å². The molecule has 0 unspecified atom stereocenters. The lowest BCUT2D eigenvalue weighted by molar-refractivity contribution is -0.139. The van der Waals surface area contributed by atoms with Gasteiger partial charge in [-0.25, -0.2) is 14.0 Å². The fourth-order valence-electron chi connectivity index (χ4n) is 3.47. The minimum absolute atomic E-state index is 0.253. The van der Waals surface area contributed by atoms with Crippen LogP contribution < -0.4 is 0 Å². The van der Waals surface area contributed by atoms with Crippen LogP contribution in [0, 0.1) is 0 Å². The lowest BCUT2D eigenvalue weighted by Gasteiger charge is -2.07. The smallest absolute Gasteiger partial charge is 0.333 e. The van der Waals surface area contributed by atoms with Crippen LogP contribution in [0.25, 0.3) is 23.0 Å². The van der Waals surface area contributed by atoms with Crippen LogP contribution in [0.15, 0.2) is 97.1 Å². The largest absolute Gasteiger partial charge is 0.462 e. The second-order valence-corrected chi connectivity index (χ2v) is 8.84. The first-order valence-electron chi connectivity index (χ1n) is 12.0. The van der Waals surface area contributed by atoms with Gasteiger partial charge in [0.05, 0.1) is 13.2 Å². The molecule has 3 rings (SSSR count). The van der Waals surface area contributed by atoms with Crippen molar-refractivity contribution in [2.75, 3.05) is 13.2 Å². The van der Waals surface area contributed by atoms with Crippen LogP contribution in [0.3, 0.4) is 0 Å². The molecular formula is C32H31FO4. The van der Waals surface area contributed by atoms with Gasteiger partial charge >= 0.3 is 11.9 Å². The molecule has 5 heteroatoms. The zero-order valence-electron chi connectivity index (χ0n) is 21.3. The van der Waals surface area contributed by atoms with Crippen LogP contribution in [0.2, 0.25) is 0 Å². The molecule has 37 heavy (non-hydrogen) atoms. The van der Waals surface area contributed by atoms with Gasteiger partial charge in [0.1, 0.15) is 5.83 Å². The number of carbonyl (C=O) groups is 2. The van der Waals surface area contributed by atoms with E-state index in [1.807, 2.05) is 60.7 Å². The van der Waals surface area contributed by atoms with Gasteiger partial charge in [-0.3, -0.25) is 0 Å². The average molecular weight is 499 g/mol. The van der Waals surface area contributed by atoms with Gasteiger partial charge in [-0.2, -0.15) is 0 Å². The number of rotatable bonds is 11. The van der Waals surface area contributed by atoms with Gasteiger partial charge in [-0.05, 0) is 47.7 Å². The van der Waals surface area contributed by atoms with Gasteiger partial charge in [0.2, 0.25) is 0 Å². The highest BCUT2D eigenvalue weighted by atomic mass is 19.1. The van der Waals surface area contributed by atoms with E-state index in [1.165, 1.54) is 6.08 Å². The Kier molecular flexibility index (Phi) is 9.73. The molecule has 0 spiro atoms. The van der Waals surface area contributed by atoms with Crippen molar-refractivity contribution < 1.29 is 23.5 Å². The van der Waals surface area contributed by atoms with Crippen molar-refractivity contribution in [2.24, 2.45) is 0 Å². The van der Waals surface area contributed by atoms with Crippen molar-refractivity contribution in [3.63, 3.8) is 0 Å². The fraction of sp³-hybridized carbons (Fsp3) is 0.188. The Bertz CT molecular complexity index is 1280. The van der Waals surface area contributed by atoms with E-state index in [0.717, 1.165) is 27.8 Å². The molecule has 0 aliphatic heterocycles. The highest BCUT2D eigenvalue weighted by Gasteiger charge is 2.06. The summed E-state index contributed by atoms with van der Waals surface area (Å²) in [6.07, 6.45) is 2.68. The minimum Gasteiger partial charge on any atom is -0.462 e. The molecule has 4 nitrogen and oxygen atoms in total. The first kappa shape index (κ1) is 27.3. The SMILES string of the molecule is C=C(C)C(=O)OCCc1ccc(/C(F)=C\c2ccc(-c3ccc(CCOC(=O)C(=C)C)cc3)cc2)cc1. The van der Waals surface area contributed by atoms with E-state index in [9.17, 15) is 14.0 Å². The van der Waals surface area contributed by atoms with Crippen molar-refractivity contribution in [3.8, 4) is 11.1 Å². The number of carbonyl (C=O) groups excluding carboxylic acids is 2. The Hall–Kier alpha value is -4.25. The summed E-state index contributed by atoms with van der Waals surface area (Å²) in [7, 11) is 0. The summed E-state index contributed by atoms with van der Waals surface area (Å²) in [5.41, 5.74) is 6.08. The zero-order chi connectivity index (χ0) is 26.8. The summed E-state index contributed by atoms with van der Waals surface area (Å²) in [4.78, 5) is 22.9. The molecule has 0 bridgehead atoms. The second kappa shape index (κ2) is 13.2. The normalized spacial score (nSPS) is 11.1. The fourth-order valence-corrected chi connectivity index (χ4v) is 3.47. The predicted molar refractivity (Wildman–Crippen MR) is 146 cm³/mol. The number of hydrogen-bond donors (Lipinski definition) is 0. The lowest BCUT2D eigenvalue weighted by Crippen LogP contribution is -2.07. The molecule has 3 aromatic carbocycles. The third kappa shape index (κ3) is 8.43. The van der Waals surface area contributed by atoms with Crippen molar-refractivity contribution in [2.45, 2.75) is 26.7 Å². The molecule has 3 aromatic rings. The molecule has 0 amide bonds. The van der Waals surface area contributed by atoms with E-state index in [4.69, 9.17) is 9.47 Å². The molecule has 0 aliphatic carbocycles. The molecule has 0 saturated carbocycles. The molecule has 190 valence electrons. The van der Waals surface area contributed by atoms with E-state index in [1.54, 1.807) is 26.0 Å². The summed E-state index contributed by atoms with van der Waals surface area (Å²) in [5.74, 6) is -1.12. The number of hydrogen-bond acceptors (Lipinski definition) is 4. The molecule has 0 N–H and O–H groups in total. The quantitative estimate of drug-likeness (QED) is 0.160. The maximum atomic E-state index is 14.8. The van der Waals surface area contributed by atoms with Gasteiger partial charge in [-0.1, -0.05) is 86.0 Å². The summed E-state index contributed by atoms with van der Waals surface area (Å²) >= 11 is 0. The molecule has 0 atom stereocenters. The molecule has 0 heterocycles. The number of benzene rings is 3. The van der Waals surface area contributed by atoms with Crippen LogP contribution in [-0.4, -0.2) is 25.2 Å². The average Bonchev–Trinajstić information content (AvgIpc) is 2.89. The third-order valence-corrected chi connectivity index (χ3v) is 5.67. The number of esters is 2. The molecule has 0 fully saturated rings. The first-order valence-corrected chi connectivity index (χ1v) is 12.0.